The Morgan fingerprint density at radius 2 is 2.05 bits per heavy atom. The second-order valence-electron chi connectivity index (χ2n) is 5.02. The molecule has 3 rings (SSSR count). The second-order valence-corrected chi connectivity index (χ2v) is 6.48. The molecule has 110 valence electrons. The fourth-order valence-corrected chi connectivity index (χ4v) is 3.29. The third-order valence-electron chi connectivity index (χ3n) is 3.42. The van der Waals surface area contributed by atoms with Gasteiger partial charge in [0.2, 0.25) is 6.79 Å². The van der Waals surface area contributed by atoms with Gasteiger partial charge in [0.05, 0.1) is 5.56 Å². The minimum absolute atomic E-state index is 0.00223. The molecular formula is C16H17NO3S. The Balaban J connectivity index is 1.56. The lowest BCUT2D eigenvalue weighted by molar-refractivity contribution is 0.0954. The van der Waals surface area contributed by atoms with E-state index in [1.165, 1.54) is 0 Å². The molecule has 0 saturated carbocycles. The molecule has 0 unspecified atom stereocenters. The van der Waals surface area contributed by atoms with Crippen LogP contribution in [0, 0.1) is 13.8 Å². The number of carbonyl (C=O) groups excluding carboxylic acids is 1. The Hall–Kier alpha value is -2.01. The first-order valence-electron chi connectivity index (χ1n) is 6.87. The smallest absolute Gasteiger partial charge is 0.252 e. The highest BCUT2D eigenvalue weighted by Gasteiger charge is 2.14. The molecule has 5 heteroatoms. The van der Waals surface area contributed by atoms with E-state index in [0.29, 0.717) is 6.54 Å². The third kappa shape index (κ3) is 3.03. The molecular weight excluding hydrogens is 286 g/mol. The van der Waals surface area contributed by atoms with Crippen molar-refractivity contribution in [2.75, 3.05) is 13.3 Å². The first-order valence-corrected chi connectivity index (χ1v) is 7.69. The second kappa shape index (κ2) is 5.77. The number of amides is 1. The largest absolute Gasteiger partial charge is 0.454 e. The zero-order valence-corrected chi connectivity index (χ0v) is 12.9. The van der Waals surface area contributed by atoms with Crippen LogP contribution in [0.2, 0.25) is 0 Å². The summed E-state index contributed by atoms with van der Waals surface area (Å²) in [6.45, 7) is 4.88. The average molecular weight is 303 g/mol. The molecule has 21 heavy (non-hydrogen) atoms. The van der Waals surface area contributed by atoms with Gasteiger partial charge in [0.15, 0.2) is 11.5 Å². The van der Waals surface area contributed by atoms with Gasteiger partial charge in [0.25, 0.3) is 5.91 Å². The fourth-order valence-electron chi connectivity index (χ4n) is 2.37. The molecule has 1 N–H and O–H groups in total. The molecule has 0 aliphatic carbocycles. The highest BCUT2D eigenvalue weighted by molar-refractivity contribution is 7.12. The lowest BCUT2D eigenvalue weighted by atomic mass is 10.1. The normalized spacial score (nSPS) is 12.5. The molecule has 2 heterocycles. The number of ether oxygens (including phenoxy) is 2. The van der Waals surface area contributed by atoms with E-state index in [4.69, 9.17) is 9.47 Å². The van der Waals surface area contributed by atoms with Gasteiger partial charge in [0, 0.05) is 16.3 Å². The number of hydrogen-bond donors (Lipinski definition) is 1. The van der Waals surface area contributed by atoms with Gasteiger partial charge in [-0.1, -0.05) is 6.07 Å². The van der Waals surface area contributed by atoms with Crippen molar-refractivity contribution >= 4 is 17.2 Å². The van der Waals surface area contributed by atoms with Crippen LogP contribution in [-0.2, 0) is 6.42 Å². The van der Waals surface area contributed by atoms with Crippen molar-refractivity contribution in [3.8, 4) is 11.5 Å². The Kier molecular flexibility index (Phi) is 3.84. The minimum atomic E-state index is -0.00223. The van der Waals surface area contributed by atoms with E-state index in [1.807, 2.05) is 38.1 Å². The summed E-state index contributed by atoms with van der Waals surface area (Å²) >= 11 is 1.65. The number of rotatable bonds is 4. The zero-order valence-electron chi connectivity index (χ0n) is 12.1. The molecule has 0 saturated heterocycles. The van der Waals surface area contributed by atoms with E-state index < -0.39 is 0 Å². The molecule has 0 radical (unpaired) electrons. The van der Waals surface area contributed by atoms with E-state index in [0.717, 1.165) is 38.8 Å². The van der Waals surface area contributed by atoms with Crippen LogP contribution in [0.4, 0.5) is 0 Å². The van der Waals surface area contributed by atoms with Crippen LogP contribution in [0.15, 0.2) is 24.3 Å². The summed E-state index contributed by atoms with van der Waals surface area (Å²) < 4.78 is 10.6. The maximum atomic E-state index is 12.1. The van der Waals surface area contributed by atoms with E-state index in [2.05, 4.69) is 5.32 Å². The standard InChI is InChI=1S/C16H17NO3S/c1-10-7-13(11(2)21-10)16(18)17-6-5-12-3-4-14-15(8-12)20-9-19-14/h3-4,7-8H,5-6,9H2,1-2H3,(H,17,18). The van der Waals surface area contributed by atoms with Crippen LogP contribution in [0.3, 0.4) is 0 Å². The number of carbonyl (C=O) groups is 1. The lowest BCUT2D eigenvalue weighted by Gasteiger charge is -2.06. The van der Waals surface area contributed by atoms with E-state index >= 15 is 0 Å². The highest BCUT2D eigenvalue weighted by Crippen LogP contribution is 2.32. The van der Waals surface area contributed by atoms with E-state index in [-0.39, 0.29) is 12.7 Å². The third-order valence-corrected chi connectivity index (χ3v) is 4.39. The van der Waals surface area contributed by atoms with Gasteiger partial charge < -0.3 is 14.8 Å². The van der Waals surface area contributed by atoms with Crippen LogP contribution in [0.25, 0.3) is 0 Å². The van der Waals surface area contributed by atoms with Gasteiger partial charge in [-0.05, 0) is 44.0 Å². The summed E-state index contributed by atoms with van der Waals surface area (Å²) in [4.78, 5) is 14.3. The SMILES string of the molecule is Cc1cc(C(=O)NCCc2ccc3c(c2)OCO3)c(C)s1. The zero-order chi connectivity index (χ0) is 14.8. The Labute approximate surface area is 127 Å². The molecule has 1 aliphatic rings. The van der Waals surface area contributed by atoms with Crippen LogP contribution >= 0.6 is 11.3 Å². The van der Waals surface area contributed by atoms with Crippen molar-refractivity contribution in [3.63, 3.8) is 0 Å². The number of thiophene rings is 1. The number of nitrogens with one attached hydrogen (secondary N) is 1. The van der Waals surface area contributed by atoms with Gasteiger partial charge in [-0.2, -0.15) is 0 Å². The number of hydrogen-bond acceptors (Lipinski definition) is 4. The van der Waals surface area contributed by atoms with Crippen LogP contribution in [0.5, 0.6) is 11.5 Å². The topological polar surface area (TPSA) is 47.6 Å². The molecule has 1 aromatic carbocycles. The van der Waals surface area contributed by atoms with Crippen LogP contribution < -0.4 is 14.8 Å². The molecule has 2 aromatic rings. The van der Waals surface area contributed by atoms with Crippen molar-refractivity contribution in [1.82, 2.24) is 5.32 Å². The Morgan fingerprint density at radius 1 is 1.24 bits per heavy atom. The van der Waals surface area contributed by atoms with Crippen molar-refractivity contribution in [3.05, 3.63) is 45.1 Å². The predicted molar refractivity (Wildman–Crippen MR) is 82.4 cm³/mol. The average Bonchev–Trinajstić information content (AvgIpc) is 3.04. The Morgan fingerprint density at radius 3 is 2.81 bits per heavy atom. The van der Waals surface area contributed by atoms with E-state index in [1.54, 1.807) is 11.3 Å². The molecule has 0 spiro atoms. The lowest BCUT2D eigenvalue weighted by Crippen LogP contribution is -2.25. The van der Waals surface area contributed by atoms with Crippen LogP contribution in [0.1, 0.15) is 25.7 Å². The predicted octanol–water partition coefficient (Wildman–Crippen LogP) is 3.07. The van der Waals surface area contributed by atoms with Crippen molar-refractivity contribution in [2.24, 2.45) is 0 Å². The first kappa shape index (κ1) is 13.9. The molecule has 1 aromatic heterocycles. The summed E-state index contributed by atoms with van der Waals surface area (Å²) in [7, 11) is 0. The molecule has 4 nitrogen and oxygen atoms in total. The fraction of sp³-hybridized carbons (Fsp3) is 0.312. The van der Waals surface area contributed by atoms with Gasteiger partial charge in [0.1, 0.15) is 0 Å². The minimum Gasteiger partial charge on any atom is -0.454 e. The van der Waals surface area contributed by atoms with Gasteiger partial charge >= 0.3 is 0 Å². The number of aryl methyl sites for hydroxylation is 2. The first-order chi connectivity index (χ1) is 10.1. The van der Waals surface area contributed by atoms with Gasteiger partial charge in [-0.15, -0.1) is 11.3 Å². The van der Waals surface area contributed by atoms with Gasteiger partial charge in [-0.25, -0.2) is 0 Å². The summed E-state index contributed by atoms with van der Waals surface area (Å²) in [5.74, 6) is 1.56. The summed E-state index contributed by atoms with van der Waals surface area (Å²) in [5, 5.41) is 2.96. The quantitative estimate of drug-likeness (QED) is 0.944. The van der Waals surface area contributed by atoms with E-state index in [9.17, 15) is 4.79 Å². The van der Waals surface area contributed by atoms with Gasteiger partial charge in [-0.3, -0.25) is 4.79 Å². The van der Waals surface area contributed by atoms with Crippen molar-refractivity contribution in [2.45, 2.75) is 20.3 Å². The summed E-state index contributed by atoms with van der Waals surface area (Å²) in [6.07, 6.45) is 0.768. The molecule has 0 atom stereocenters. The number of benzene rings is 1. The maximum Gasteiger partial charge on any atom is 0.252 e. The maximum absolute atomic E-state index is 12.1. The molecule has 1 amide bonds. The molecule has 0 fully saturated rings. The monoisotopic (exact) mass is 303 g/mol. The molecule has 0 bridgehead atoms. The molecule has 1 aliphatic heterocycles. The highest BCUT2D eigenvalue weighted by atomic mass is 32.1. The van der Waals surface area contributed by atoms with Crippen LogP contribution in [-0.4, -0.2) is 19.2 Å². The summed E-state index contributed by atoms with van der Waals surface area (Å²) in [6, 6.07) is 7.82. The summed E-state index contributed by atoms with van der Waals surface area (Å²) in [5.41, 5.74) is 1.90. The van der Waals surface area contributed by atoms with Crippen molar-refractivity contribution < 1.29 is 14.3 Å². The van der Waals surface area contributed by atoms with Crippen molar-refractivity contribution in [1.29, 1.82) is 0 Å². The number of fused-ring (bicyclic) bond motifs is 1. The Bertz CT molecular complexity index is 678.